The first-order valence-electron chi connectivity index (χ1n) is 11.9. The Balaban J connectivity index is 1.60. The number of rotatable bonds is 6. The Morgan fingerprint density at radius 3 is 2.27 bits per heavy atom. The second-order valence-electron chi connectivity index (χ2n) is 10.8. The van der Waals surface area contributed by atoms with Crippen molar-refractivity contribution in [2.45, 2.75) is 101 Å². The predicted octanol–water partition coefficient (Wildman–Crippen LogP) is 6.71. The molecule has 1 heterocycles. The molecule has 1 aliphatic heterocycles. The molecule has 2 saturated carbocycles. The molecule has 30 heavy (non-hydrogen) atoms. The van der Waals surface area contributed by atoms with Crippen molar-refractivity contribution in [1.29, 1.82) is 0 Å². The van der Waals surface area contributed by atoms with E-state index in [1.54, 1.807) is 7.11 Å². The third kappa shape index (κ3) is 3.64. The van der Waals surface area contributed by atoms with E-state index in [0.717, 1.165) is 25.0 Å². The van der Waals surface area contributed by atoms with E-state index < -0.39 is 0 Å². The molecule has 3 fully saturated rings. The van der Waals surface area contributed by atoms with E-state index in [9.17, 15) is 0 Å². The maximum Gasteiger partial charge on any atom is 0.464 e. The fourth-order valence-corrected chi connectivity index (χ4v) is 5.94. The van der Waals surface area contributed by atoms with Crippen molar-refractivity contribution >= 4 is 7.12 Å². The molecule has 0 atom stereocenters. The molecule has 0 bridgehead atoms. The van der Waals surface area contributed by atoms with Gasteiger partial charge in [0.1, 0.15) is 5.75 Å². The topological polar surface area (TPSA) is 27.7 Å². The second kappa shape index (κ2) is 8.02. The Kier molecular flexibility index (Phi) is 5.87. The molecule has 1 saturated heterocycles. The summed E-state index contributed by atoms with van der Waals surface area (Å²) < 4.78 is 19.1. The normalized spacial score (nSPS) is 30.7. The van der Waals surface area contributed by atoms with Gasteiger partial charge >= 0.3 is 7.12 Å². The van der Waals surface area contributed by atoms with Gasteiger partial charge in [0.2, 0.25) is 0 Å². The lowest BCUT2D eigenvalue weighted by atomic mass is 9.37. The number of hydrogen-bond donors (Lipinski definition) is 0. The second-order valence-corrected chi connectivity index (χ2v) is 10.8. The summed E-state index contributed by atoms with van der Waals surface area (Å²) in [5, 5.41) is 0.126. The zero-order valence-corrected chi connectivity index (χ0v) is 19.6. The number of methoxy groups -OCH3 is 1. The van der Waals surface area contributed by atoms with Gasteiger partial charge in [0.25, 0.3) is 0 Å². The van der Waals surface area contributed by atoms with Crippen molar-refractivity contribution in [1.82, 2.24) is 0 Å². The van der Waals surface area contributed by atoms with Crippen LogP contribution < -0.4 is 4.74 Å². The van der Waals surface area contributed by atoms with Gasteiger partial charge in [-0.15, -0.1) is 6.58 Å². The molecule has 0 amide bonds. The first-order valence-corrected chi connectivity index (χ1v) is 11.9. The highest BCUT2D eigenvalue weighted by Crippen LogP contribution is 2.68. The van der Waals surface area contributed by atoms with E-state index in [2.05, 4.69) is 52.5 Å². The number of hydrogen-bond acceptors (Lipinski definition) is 3. The van der Waals surface area contributed by atoms with E-state index in [1.165, 1.54) is 43.2 Å². The van der Waals surface area contributed by atoms with Gasteiger partial charge in [-0.25, -0.2) is 0 Å². The average molecular weight is 410 g/mol. The standard InChI is InChI=1S/C26H39BO3/c1-7-11-19-14-15-22(23(16-19)28-6)20-17-26(18-20,21-12-9-8-10-13-21)27-29-24(2,3)25(4,5)30-27/h7,14-16,20-21H,1,8-13,17-18H2,2-6H3. The van der Waals surface area contributed by atoms with Crippen LogP contribution in [0.3, 0.4) is 0 Å². The molecule has 164 valence electrons. The van der Waals surface area contributed by atoms with E-state index in [-0.39, 0.29) is 23.6 Å². The van der Waals surface area contributed by atoms with Crippen molar-refractivity contribution in [2.75, 3.05) is 7.11 Å². The van der Waals surface area contributed by atoms with Crippen LogP contribution in [-0.4, -0.2) is 25.4 Å². The molecule has 3 aliphatic rings. The molecule has 4 rings (SSSR count). The van der Waals surface area contributed by atoms with Crippen LogP contribution in [0.2, 0.25) is 5.31 Å². The molecule has 0 radical (unpaired) electrons. The van der Waals surface area contributed by atoms with Crippen LogP contribution in [-0.2, 0) is 15.7 Å². The molecule has 3 nitrogen and oxygen atoms in total. The maximum atomic E-state index is 6.65. The lowest BCUT2D eigenvalue weighted by Gasteiger charge is -2.54. The number of allylic oxidation sites excluding steroid dienone is 1. The minimum atomic E-state index is -0.269. The highest BCUT2D eigenvalue weighted by atomic mass is 16.7. The summed E-state index contributed by atoms with van der Waals surface area (Å²) in [5.41, 5.74) is 2.06. The van der Waals surface area contributed by atoms with Crippen molar-refractivity contribution in [3.63, 3.8) is 0 Å². The van der Waals surface area contributed by atoms with Crippen LogP contribution in [0.25, 0.3) is 0 Å². The van der Waals surface area contributed by atoms with Gasteiger partial charge < -0.3 is 14.0 Å². The number of ether oxygens (including phenoxy) is 1. The third-order valence-corrected chi connectivity index (χ3v) is 8.51. The SMILES string of the molecule is C=CCc1ccc(C2CC(B3OC(C)(C)C(C)(C)O3)(C3CCCCC3)C2)c(OC)c1. The monoisotopic (exact) mass is 410 g/mol. The predicted molar refractivity (Wildman–Crippen MR) is 124 cm³/mol. The Morgan fingerprint density at radius 2 is 1.70 bits per heavy atom. The third-order valence-electron chi connectivity index (χ3n) is 8.51. The molecule has 1 aromatic rings. The van der Waals surface area contributed by atoms with E-state index in [1.807, 2.05) is 6.08 Å². The van der Waals surface area contributed by atoms with E-state index in [4.69, 9.17) is 14.0 Å². The van der Waals surface area contributed by atoms with Gasteiger partial charge in [0.15, 0.2) is 0 Å². The fourth-order valence-electron chi connectivity index (χ4n) is 5.94. The van der Waals surface area contributed by atoms with Crippen LogP contribution in [0.1, 0.15) is 89.7 Å². The molecule has 0 spiro atoms. The van der Waals surface area contributed by atoms with Gasteiger partial charge in [-0.05, 0) is 76.0 Å². The van der Waals surface area contributed by atoms with Crippen LogP contribution in [0.4, 0.5) is 0 Å². The quantitative estimate of drug-likeness (QED) is 0.385. The van der Waals surface area contributed by atoms with Crippen LogP contribution >= 0.6 is 0 Å². The zero-order chi connectivity index (χ0) is 21.6. The lowest BCUT2D eigenvalue weighted by Crippen LogP contribution is -2.49. The first kappa shape index (κ1) is 22.0. The lowest BCUT2D eigenvalue weighted by molar-refractivity contribution is 0.00578. The molecule has 2 aliphatic carbocycles. The summed E-state index contributed by atoms with van der Waals surface area (Å²) in [6.45, 7) is 12.6. The largest absolute Gasteiger partial charge is 0.496 e. The Hall–Kier alpha value is -1.26. The fraction of sp³-hybridized carbons (Fsp3) is 0.692. The summed E-state index contributed by atoms with van der Waals surface area (Å²) >= 11 is 0. The van der Waals surface area contributed by atoms with Crippen molar-refractivity contribution in [2.24, 2.45) is 5.92 Å². The Morgan fingerprint density at radius 1 is 1.07 bits per heavy atom. The van der Waals surface area contributed by atoms with Crippen molar-refractivity contribution in [3.05, 3.63) is 42.0 Å². The van der Waals surface area contributed by atoms with Gasteiger partial charge in [-0.3, -0.25) is 0 Å². The summed E-state index contributed by atoms with van der Waals surface area (Å²) in [7, 11) is 1.69. The molecule has 0 aromatic heterocycles. The van der Waals surface area contributed by atoms with Gasteiger partial charge in [-0.1, -0.05) is 50.3 Å². The average Bonchev–Trinajstić information content (AvgIpc) is 2.90. The molecule has 0 unspecified atom stereocenters. The minimum absolute atomic E-state index is 0.104. The van der Waals surface area contributed by atoms with Gasteiger partial charge in [0.05, 0.1) is 18.3 Å². The molecule has 1 aromatic carbocycles. The van der Waals surface area contributed by atoms with E-state index >= 15 is 0 Å². The van der Waals surface area contributed by atoms with Crippen molar-refractivity contribution < 1.29 is 14.0 Å². The summed E-state index contributed by atoms with van der Waals surface area (Å²) in [6.07, 6.45) is 11.8. The summed E-state index contributed by atoms with van der Waals surface area (Å²) in [5.74, 6) is 2.23. The molecule has 4 heteroatoms. The smallest absolute Gasteiger partial charge is 0.464 e. The minimum Gasteiger partial charge on any atom is -0.496 e. The van der Waals surface area contributed by atoms with Gasteiger partial charge in [-0.2, -0.15) is 0 Å². The maximum absolute atomic E-state index is 6.65. The zero-order valence-electron chi connectivity index (χ0n) is 19.6. The van der Waals surface area contributed by atoms with Crippen molar-refractivity contribution in [3.8, 4) is 5.75 Å². The first-order chi connectivity index (χ1) is 14.2. The molecular formula is C26H39BO3. The van der Waals surface area contributed by atoms with Crippen LogP contribution in [0, 0.1) is 5.92 Å². The summed E-state index contributed by atoms with van der Waals surface area (Å²) in [4.78, 5) is 0. The summed E-state index contributed by atoms with van der Waals surface area (Å²) in [6, 6.07) is 6.69. The highest BCUT2D eigenvalue weighted by molar-refractivity contribution is 6.50. The van der Waals surface area contributed by atoms with E-state index in [0.29, 0.717) is 11.8 Å². The van der Waals surface area contributed by atoms with Crippen LogP contribution in [0.5, 0.6) is 5.75 Å². The number of benzene rings is 1. The van der Waals surface area contributed by atoms with Gasteiger partial charge in [0, 0.05) is 5.31 Å². The molecule has 0 N–H and O–H groups in total. The van der Waals surface area contributed by atoms with Crippen LogP contribution in [0.15, 0.2) is 30.9 Å². The Bertz CT molecular complexity index is 756. The Labute approximate surface area is 183 Å². The highest BCUT2D eigenvalue weighted by Gasteiger charge is 2.65. The molecular weight excluding hydrogens is 371 g/mol.